The summed E-state index contributed by atoms with van der Waals surface area (Å²) >= 11 is 10.7. The highest BCUT2D eigenvalue weighted by Crippen LogP contribution is 2.26. The molecule has 17 heavy (non-hydrogen) atoms. The van der Waals surface area contributed by atoms with Gasteiger partial charge in [-0.2, -0.15) is 0 Å². The van der Waals surface area contributed by atoms with Crippen LogP contribution in [0.2, 0.25) is 5.15 Å². The van der Waals surface area contributed by atoms with Crippen LogP contribution in [0, 0.1) is 0 Å². The van der Waals surface area contributed by atoms with Crippen LogP contribution in [-0.4, -0.2) is 15.0 Å². The molecular weight excluding hydrogens is 322 g/mol. The standard InChI is InChI=1S/C11H9BrClN3S/c1-2-9-15-8(13)5-11(16-9)17-10-4-3-7(12)6-14-10/h3-6H,2H2,1H3. The lowest BCUT2D eigenvalue weighted by atomic mass is 10.4. The van der Waals surface area contributed by atoms with E-state index >= 15 is 0 Å². The zero-order valence-corrected chi connectivity index (χ0v) is 12.2. The van der Waals surface area contributed by atoms with Crippen LogP contribution in [0.1, 0.15) is 12.7 Å². The largest absolute Gasteiger partial charge is 0.248 e. The van der Waals surface area contributed by atoms with Crippen LogP contribution in [0.4, 0.5) is 0 Å². The second-order valence-corrected chi connectivity index (χ2v) is 5.56. The van der Waals surface area contributed by atoms with Gasteiger partial charge in [-0.15, -0.1) is 0 Å². The first kappa shape index (κ1) is 12.8. The molecule has 0 unspecified atom stereocenters. The fourth-order valence-corrected chi connectivity index (χ4v) is 2.46. The summed E-state index contributed by atoms with van der Waals surface area (Å²) in [6.07, 6.45) is 2.52. The van der Waals surface area contributed by atoms with Crippen LogP contribution in [0.5, 0.6) is 0 Å². The number of hydrogen-bond donors (Lipinski definition) is 0. The predicted octanol–water partition coefficient (Wildman–Crippen LogP) is 4.00. The Hall–Kier alpha value is -0.650. The average molecular weight is 331 g/mol. The van der Waals surface area contributed by atoms with Gasteiger partial charge in [0.25, 0.3) is 0 Å². The molecule has 0 bridgehead atoms. The molecule has 0 N–H and O–H groups in total. The molecule has 0 atom stereocenters. The van der Waals surface area contributed by atoms with Gasteiger partial charge in [-0.05, 0) is 39.8 Å². The fourth-order valence-electron chi connectivity index (χ4n) is 1.18. The van der Waals surface area contributed by atoms with Gasteiger partial charge in [-0.25, -0.2) is 15.0 Å². The van der Waals surface area contributed by atoms with Crippen molar-refractivity contribution in [2.45, 2.75) is 23.4 Å². The summed E-state index contributed by atoms with van der Waals surface area (Å²) in [7, 11) is 0. The number of hydrogen-bond acceptors (Lipinski definition) is 4. The number of rotatable bonds is 3. The molecule has 0 saturated heterocycles. The molecule has 0 aliphatic carbocycles. The molecule has 2 rings (SSSR count). The van der Waals surface area contributed by atoms with Crippen molar-refractivity contribution in [2.75, 3.05) is 0 Å². The topological polar surface area (TPSA) is 38.7 Å². The Labute approximate surface area is 117 Å². The Kier molecular flexibility index (Phi) is 4.36. The highest BCUT2D eigenvalue weighted by molar-refractivity contribution is 9.10. The second kappa shape index (κ2) is 5.80. The van der Waals surface area contributed by atoms with Crippen LogP contribution >= 0.6 is 39.3 Å². The quantitative estimate of drug-likeness (QED) is 0.797. The number of pyridine rings is 1. The van der Waals surface area contributed by atoms with Gasteiger partial charge in [0, 0.05) is 23.2 Å². The molecule has 0 saturated carbocycles. The number of aromatic nitrogens is 3. The normalized spacial score (nSPS) is 10.5. The molecule has 88 valence electrons. The molecule has 0 aliphatic rings. The Morgan fingerprint density at radius 2 is 2.12 bits per heavy atom. The first-order valence-electron chi connectivity index (χ1n) is 5.00. The molecular formula is C11H9BrClN3S. The fraction of sp³-hybridized carbons (Fsp3) is 0.182. The molecule has 6 heteroatoms. The van der Waals surface area contributed by atoms with E-state index < -0.39 is 0 Å². The van der Waals surface area contributed by atoms with Crippen molar-refractivity contribution in [3.63, 3.8) is 0 Å². The van der Waals surface area contributed by atoms with Crippen LogP contribution < -0.4 is 0 Å². The third-order valence-electron chi connectivity index (χ3n) is 1.94. The van der Waals surface area contributed by atoms with E-state index in [2.05, 4.69) is 30.9 Å². The summed E-state index contributed by atoms with van der Waals surface area (Å²) in [4.78, 5) is 12.8. The minimum absolute atomic E-state index is 0.469. The lowest BCUT2D eigenvalue weighted by molar-refractivity contribution is 0.887. The molecule has 0 aliphatic heterocycles. The van der Waals surface area contributed by atoms with Crippen LogP contribution in [-0.2, 0) is 6.42 Å². The minimum Gasteiger partial charge on any atom is -0.248 e. The van der Waals surface area contributed by atoms with Crippen molar-refractivity contribution in [2.24, 2.45) is 0 Å². The monoisotopic (exact) mass is 329 g/mol. The molecule has 2 aromatic heterocycles. The van der Waals surface area contributed by atoms with Gasteiger partial charge in [-0.1, -0.05) is 18.5 Å². The number of aryl methyl sites for hydroxylation is 1. The smallest absolute Gasteiger partial charge is 0.133 e. The molecule has 0 aromatic carbocycles. The number of halogens is 2. The van der Waals surface area contributed by atoms with Crippen molar-refractivity contribution >= 4 is 39.3 Å². The summed E-state index contributed by atoms with van der Waals surface area (Å²) in [6, 6.07) is 5.62. The maximum absolute atomic E-state index is 5.93. The van der Waals surface area contributed by atoms with Crippen molar-refractivity contribution in [3.05, 3.63) is 39.8 Å². The predicted molar refractivity (Wildman–Crippen MR) is 72.5 cm³/mol. The summed E-state index contributed by atoms with van der Waals surface area (Å²) in [6.45, 7) is 2.00. The van der Waals surface area contributed by atoms with Gasteiger partial charge in [0.1, 0.15) is 21.0 Å². The van der Waals surface area contributed by atoms with E-state index in [1.165, 1.54) is 11.8 Å². The Morgan fingerprint density at radius 3 is 2.76 bits per heavy atom. The lowest BCUT2D eigenvalue weighted by Gasteiger charge is -2.03. The van der Waals surface area contributed by atoms with Gasteiger partial charge in [0.15, 0.2) is 0 Å². The summed E-state index contributed by atoms with van der Waals surface area (Å²) < 4.78 is 0.955. The molecule has 0 fully saturated rings. The lowest BCUT2D eigenvalue weighted by Crippen LogP contribution is -1.94. The van der Waals surface area contributed by atoms with Crippen molar-refractivity contribution in [1.82, 2.24) is 15.0 Å². The molecule has 3 nitrogen and oxygen atoms in total. The van der Waals surface area contributed by atoms with Gasteiger partial charge in [0.05, 0.1) is 0 Å². The van der Waals surface area contributed by atoms with E-state index in [-0.39, 0.29) is 0 Å². The maximum atomic E-state index is 5.93. The van der Waals surface area contributed by atoms with E-state index in [9.17, 15) is 0 Å². The minimum atomic E-state index is 0.469. The van der Waals surface area contributed by atoms with E-state index in [0.717, 1.165) is 26.8 Å². The van der Waals surface area contributed by atoms with Crippen LogP contribution in [0.15, 0.2) is 38.9 Å². The Morgan fingerprint density at radius 1 is 1.29 bits per heavy atom. The third kappa shape index (κ3) is 3.66. The summed E-state index contributed by atoms with van der Waals surface area (Å²) in [5.74, 6) is 0.747. The van der Waals surface area contributed by atoms with E-state index in [1.54, 1.807) is 12.3 Å². The Bertz CT molecular complexity index is 519. The zero-order valence-electron chi connectivity index (χ0n) is 9.02. The van der Waals surface area contributed by atoms with Crippen molar-refractivity contribution in [3.8, 4) is 0 Å². The molecule has 0 radical (unpaired) electrons. The van der Waals surface area contributed by atoms with Gasteiger partial charge in [-0.3, -0.25) is 0 Å². The average Bonchev–Trinajstić information content (AvgIpc) is 2.31. The van der Waals surface area contributed by atoms with E-state index in [1.807, 2.05) is 19.1 Å². The second-order valence-electron chi connectivity index (χ2n) is 3.22. The van der Waals surface area contributed by atoms with E-state index in [0.29, 0.717) is 5.15 Å². The first-order chi connectivity index (χ1) is 8.17. The molecule has 2 aromatic rings. The SMILES string of the molecule is CCc1nc(Cl)cc(Sc2ccc(Br)cn2)n1. The molecule has 2 heterocycles. The van der Waals surface area contributed by atoms with Crippen LogP contribution in [0.3, 0.4) is 0 Å². The Balaban J connectivity index is 2.23. The first-order valence-corrected chi connectivity index (χ1v) is 6.99. The highest BCUT2D eigenvalue weighted by atomic mass is 79.9. The summed E-state index contributed by atoms with van der Waals surface area (Å²) in [5, 5.41) is 2.16. The van der Waals surface area contributed by atoms with Crippen molar-refractivity contribution < 1.29 is 0 Å². The maximum Gasteiger partial charge on any atom is 0.133 e. The zero-order chi connectivity index (χ0) is 12.3. The molecule has 0 spiro atoms. The highest BCUT2D eigenvalue weighted by Gasteiger charge is 2.04. The molecule has 0 amide bonds. The number of nitrogens with zero attached hydrogens (tertiary/aromatic N) is 3. The van der Waals surface area contributed by atoms with Crippen LogP contribution in [0.25, 0.3) is 0 Å². The van der Waals surface area contributed by atoms with Crippen molar-refractivity contribution in [1.29, 1.82) is 0 Å². The third-order valence-corrected chi connectivity index (χ3v) is 3.47. The van der Waals surface area contributed by atoms with Gasteiger partial charge >= 0.3 is 0 Å². The van der Waals surface area contributed by atoms with Gasteiger partial charge < -0.3 is 0 Å². The van der Waals surface area contributed by atoms with E-state index in [4.69, 9.17) is 11.6 Å². The van der Waals surface area contributed by atoms with Gasteiger partial charge in [0.2, 0.25) is 0 Å². The summed E-state index contributed by atoms with van der Waals surface area (Å²) in [5.41, 5.74) is 0.